The minimum Gasteiger partial charge on any atom is -0.504 e. The number of ether oxygens (including phenoxy) is 1. The molecule has 1 aromatic carbocycles. The number of nitrogens with two attached hydrogens (primary N) is 1. The fraction of sp³-hybridized carbons (Fsp3) is 0.286. The molecule has 106 valence electrons. The molecule has 0 fully saturated rings. The van der Waals surface area contributed by atoms with Crippen LogP contribution in [0.3, 0.4) is 0 Å². The predicted octanol–water partition coefficient (Wildman–Crippen LogP) is 3.00. The molecule has 0 atom stereocenters. The predicted molar refractivity (Wildman–Crippen MR) is 86.8 cm³/mol. The first kappa shape index (κ1) is 14.8. The molecular formula is C14H16IN3O2. The third kappa shape index (κ3) is 2.95. The molecule has 1 heterocycles. The van der Waals surface area contributed by atoms with Crippen molar-refractivity contribution in [2.45, 2.75) is 20.3 Å². The second kappa shape index (κ2) is 6.25. The molecule has 1 aromatic heterocycles. The number of aromatic hydroxyl groups is 1. The van der Waals surface area contributed by atoms with Gasteiger partial charge < -0.3 is 15.6 Å². The minimum atomic E-state index is 0.102. The molecule has 5 nitrogen and oxygen atoms in total. The van der Waals surface area contributed by atoms with Crippen molar-refractivity contribution in [2.75, 3.05) is 12.3 Å². The average Bonchev–Trinajstić information content (AvgIpc) is 2.44. The molecule has 0 aliphatic rings. The molecule has 20 heavy (non-hydrogen) atoms. The van der Waals surface area contributed by atoms with Gasteiger partial charge in [-0.3, -0.25) is 0 Å². The van der Waals surface area contributed by atoms with Gasteiger partial charge in [-0.05, 0) is 54.1 Å². The summed E-state index contributed by atoms with van der Waals surface area (Å²) in [6.07, 6.45) is 0.786. The molecule has 0 aliphatic heterocycles. The van der Waals surface area contributed by atoms with E-state index < -0.39 is 0 Å². The van der Waals surface area contributed by atoms with E-state index in [0.29, 0.717) is 24.0 Å². The average molecular weight is 385 g/mol. The third-order valence-corrected chi connectivity index (χ3v) is 3.97. The van der Waals surface area contributed by atoms with Gasteiger partial charge in [0, 0.05) is 5.56 Å². The number of rotatable bonds is 4. The smallest absolute Gasteiger partial charge is 0.161 e. The van der Waals surface area contributed by atoms with Crippen LogP contribution in [0.2, 0.25) is 0 Å². The largest absolute Gasteiger partial charge is 0.504 e. The maximum Gasteiger partial charge on any atom is 0.161 e. The second-order valence-corrected chi connectivity index (χ2v) is 5.24. The molecule has 0 bridgehead atoms. The Morgan fingerprint density at radius 1 is 1.30 bits per heavy atom. The van der Waals surface area contributed by atoms with E-state index in [1.165, 1.54) is 0 Å². The van der Waals surface area contributed by atoms with E-state index in [-0.39, 0.29) is 5.75 Å². The van der Waals surface area contributed by atoms with E-state index in [0.717, 1.165) is 21.2 Å². The molecule has 2 aromatic rings. The van der Waals surface area contributed by atoms with E-state index >= 15 is 0 Å². The Balaban J connectivity index is 2.51. The number of nitrogens with zero attached hydrogens (tertiary/aromatic N) is 2. The van der Waals surface area contributed by atoms with Gasteiger partial charge in [0.05, 0.1) is 15.9 Å². The number of hydrogen-bond donors (Lipinski definition) is 2. The molecule has 0 spiro atoms. The highest BCUT2D eigenvalue weighted by Gasteiger charge is 2.12. The number of halogens is 1. The Bertz CT molecular complexity index is 632. The number of anilines is 1. The fourth-order valence-corrected chi connectivity index (χ4v) is 2.42. The van der Waals surface area contributed by atoms with Gasteiger partial charge in [0.25, 0.3) is 0 Å². The zero-order chi connectivity index (χ0) is 14.7. The number of nitrogen functional groups attached to an aromatic ring is 1. The van der Waals surface area contributed by atoms with Crippen molar-refractivity contribution in [3.8, 4) is 22.9 Å². The molecule has 6 heteroatoms. The SMILES string of the molecule is CCOc1cc(-c2nc(N)c(I)c(CC)n2)ccc1O. The van der Waals surface area contributed by atoms with Crippen LogP contribution in [0.25, 0.3) is 11.4 Å². The summed E-state index contributed by atoms with van der Waals surface area (Å²) in [5.41, 5.74) is 7.61. The second-order valence-electron chi connectivity index (χ2n) is 4.16. The first-order valence-corrected chi connectivity index (χ1v) is 7.42. The van der Waals surface area contributed by atoms with Crippen molar-refractivity contribution >= 4 is 28.4 Å². The number of aromatic nitrogens is 2. The first-order chi connectivity index (χ1) is 9.56. The highest BCUT2D eigenvalue weighted by atomic mass is 127. The topological polar surface area (TPSA) is 81.3 Å². The maximum absolute atomic E-state index is 9.72. The van der Waals surface area contributed by atoms with Gasteiger partial charge in [0.1, 0.15) is 5.82 Å². The van der Waals surface area contributed by atoms with Crippen LogP contribution < -0.4 is 10.5 Å². The monoisotopic (exact) mass is 385 g/mol. The van der Waals surface area contributed by atoms with Gasteiger partial charge in [-0.25, -0.2) is 9.97 Å². The molecule has 0 saturated carbocycles. The lowest BCUT2D eigenvalue weighted by Crippen LogP contribution is -2.04. The maximum atomic E-state index is 9.72. The van der Waals surface area contributed by atoms with Crippen molar-refractivity contribution in [2.24, 2.45) is 0 Å². The zero-order valence-corrected chi connectivity index (χ0v) is 13.5. The number of hydrogen-bond acceptors (Lipinski definition) is 5. The summed E-state index contributed by atoms with van der Waals surface area (Å²) >= 11 is 2.15. The lowest BCUT2D eigenvalue weighted by molar-refractivity contribution is 0.318. The Hall–Kier alpha value is -1.57. The van der Waals surface area contributed by atoms with Crippen molar-refractivity contribution in [3.63, 3.8) is 0 Å². The Morgan fingerprint density at radius 2 is 2.05 bits per heavy atom. The van der Waals surface area contributed by atoms with E-state index in [9.17, 15) is 5.11 Å². The Labute approximate surface area is 131 Å². The summed E-state index contributed by atoms with van der Waals surface area (Å²) in [4.78, 5) is 8.82. The van der Waals surface area contributed by atoms with Crippen molar-refractivity contribution in [1.29, 1.82) is 0 Å². The highest BCUT2D eigenvalue weighted by Crippen LogP contribution is 2.31. The summed E-state index contributed by atoms with van der Waals surface area (Å²) in [7, 11) is 0. The lowest BCUT2D eigenvalue weighted by Gasteiger charge is -2.10. The molecule has 0 unspecified atom stereocenters. The van der Waals surface area contributed by atoms with Crippen LogP contribution in [0, 0.1) is 3.57 Å². The number of aryl methyl sites for hydroxylation is 1. The number of benzene rings is 1. The van der Waals surface area contributed by atoms with Gasteiger partial charge in [0.2, 0.25) is 0 Å². The third-order valence-electron chi connectivity index (χ3n) is 2.80. The van der Waals surface area contributed by atoms with Gasteiger partial charge in [-0.1, -0.05) is 6.92 Å². The molecular weight excluding hydrogens is 369 g/mol. The highest BCUT2D eigenvalue weighted by molar-refractivity contribution is 14.1. The zero-order valence-electron chi connectivity index (χ0n) is 11.4. The van der Waals surface area contributed by atoms with Crippen LogP contribution in [0.15, 0.2) is 18.2 Å². The van der Waals surface area contributed by atoms with E-state index in [4.69, 9.17) is 10.5 Å². The standard InChI is InChI=1S/C14H16IN3O2/c1-3-9-12(15)13(16)18-14(17-9)8-5-6-10(19)11(7-8)20-4-2/h5-7,19H,3-4H2,1-2H3,(H2,16,17,18). The Morgan fingerprint density at radius 3 is 2.70 bits per heavy atom. The molecule has 3 N–H and O–H groups in total. The molecule has 2 rings (SSSR count). The summed E-state index contributed by atoms with van der Waals surface area (Å²) in [6.45, 7) is 4.36. The number of phenols is 1. The normalized spacial score (nSPS) is 10.6. The van der Waals surface area contributed by atoms with Crippen LogP contribution in [0.4, 0.5) is 5.82 Å². The summed E-state index contributed by atoms with van der Waals surface area (Å²) in [6, 6.07) is 5.04. The van der Waals surface area contributed by atoms with Crippen molar-refractivity contribution in [1.82, 2.24) is 9.97 Å². The molecule has 0 amide bonds. The first-order valence-electron chi connectivity index (χ1n) is 6.34. The summed E-state index contributed by atoms with van der Waals surface area (Å²) in [5, 5.41) is 9.72. The van der Waals surface area contributed by atoms with Crippen LogP contribution in [-0.4, -0.2) is 21.7 Å². The molecule has 0 radical (unpaired) electrons. The molecule has 0 aliphatic carbocycles. The van der Waals surface area contributed by atoms with E-state index in [2.05, 4.69) is 32.6 Å². The van der Waals surface area contributed by atoms with E-state index in [1.54, 1.807) is 18.2 Å². The fourth-order valence-electron chi connectivity index (χ4n) is 1.80. The van der Waals surface area contributed by atoms with Gasteiger partial charge in [-0.2, -0.15) is 0 Å². The van der Waals surface area contributed by atoms with Gasteiger partial charge in [0.15, 0.2) is 17.3 Å². The van der Waals surface area contributed by atoms with E-state index in [1.807, 2.05) is 13.8 Å². The van der Waals surface area contributed by atoms with Gasteiger partial charge >= 0.3 is 0 Å². The van der Waals surface area contributed by atoms with Crippen LogP contribution >= 0.6 is 22.6 Å². The van der Waals surface area contributed by atoms with Crippen molar-refractivity contribution in [3.05, 3.63) is 27.5 Å². The van der Waals surface area contributed by atoms with Crippen LogP contribution in [0.1, 0.15) is 19.5 Å². The van der Waals surface area contributed by atoms with Gasteiger partial charge in [-0.15, -0.1) is 0 Å². The summed E-state index contributed by atoms with van der Waals surface area (Å²) in [5.74, 6) is 1.53. The van der Waals surface area contributed by atoms with Crippen LogP contribution in [0.5, 0.6) is 11.5 Å². The number of phenolic OH excluding ortho intramolecular Hbond substituents is 1. The van der Waals surface area contributed by atoms with Crippen LogP contribution in [-0.2, 0) is 6.42 Å². The quantitative estimate of drug-likeness (QED) is 0.791. The lowest BCUT2D eigenvalue weighted by atomic mass is 10.1. The minimum absolute atomic E-state index is 0.102. The molecule has 0 saturated heterocycles. The Kier molecular flexibility index (Phi) is 4.64. The van der Waals surface area contributed by atoms with Crippen molar-refractivity contribution < 1.29 is 9.84 Å². The summed E-state index contributed by atoms with van der Waals surface area (Å²) < 4.78 is 6.26.